The van der Waals surface area contributed by atoms with Gasteiger partial charge >= 0.3 is 0 Å². The van der Waals surface area contributed by atoms with E-state index in [4.69, 9.17) is 0 Å². The molecule has 0 spiro atoms. The lowest BCUT2D eigenvalue weighted by Crippen LogP contribution is -2.55. The summed E-state index contributed by atoms with van der Waals surface area (Å²) >= 11 is 0. The number of hydrogen-bond acceptors (Lipinski definition) is 5. The first-order chi connectivity index (χ1) is 12.7. The van der Waals surface area contributed by atoms with Crippen LogP contribution in [0.4, 0.5) is 11.5 Å². The third-order valence-electron chi connectivity index (χ3n) is 4.11. The Morgan fingerprint density at radius 2 is 2.15 bits per heavy atom. The van der Waals surface area contributed by atoms with Crippen LogP contribution in [0.25, 0.3) is 0 Å². The van der Waals surface area contributed by atoms with Gasteiger partial charge in [0.2, 0.25) is 5.91 Å². The Morgan fingerprint density at radius 1 is 1.30 bits per heavy atom. The maximum Gasteiger partial charge on any atom is 0.246 e. The van der Waals surface area contributed by atoms with E-state index in [1.165, 1.54) is 0 Å². The first-order valence-electron chi connectivity index (χ1n) is 8.57. The van der Waals surface area contributed by atoms with E-state index in [2.05, 4.69) is 25.7 Å². The molecule has 0 atom stereocenters. The van der Waals surface area contributed by atoms with E-state index in [1.54, 1.807) is 29.0 Å². The quantitative estimate of drug-likeness (QED) is 0.282. The number of aliphatic imine (C=N–C) groups is 1. The molecule has 9 nitrogen and oxygen atoms in total. The first kappa shape index (κ1) is 20.9. The van der Waals surface area contributed by atoms with Crippen molar-refractivity contribution in [3.63, 3.8) is 0 Å². The van der Waals surface area contributed by atoms with Crippen molar-refractivity contribution in [2.75, 3.05) is 50.0 Å². The average Bonchev–Trinajstić information content (AvgIpc) is 3.08. The summed E-state index contributed by atoms with van der Waals surface area (Å²) in [4.78, 5) is 24.7. The van der Waals surface area contributed by atoms with Crippen molar-refractivity contribution in [3.8, 4) is 0 Å². The molecule has 0 aromatic carbocycles. The number of aromatic nitrogens is 3. The standard InChI is InChI=1S/C17H24N8O.HI/c1-18-17(21-8-7-20-15-5-3-4-6-19-15)24-9-10-25(16(26)13-24)14-11-22-23(2)12-14;/h3-6,11-12H,7-10,13H2,1-2H3,(H,18,21)(H,19,20);1H. The van der Waals surface area contributed by atoms with Crippen LogP contribution in [-0.4, -0.2) is 71.3 Å². The Kier molecular flexibility index (Phi) is 7.82. The molecule has 146 valence electrons. The molecule has 2 aromatic heterocycles. The van der Waals surface area contributed by atoms with Crippen molar-refractivity contribution < 1.29 is 4.79 Å². The van der Waals surface area contributed by atoms with E-state index in [0.29, 0.717) is 32.7 Å². The molecular formula is C17H25IN8O. The third-order valence-corrected chi connectivity index (χ3v) is 4.11. The zero-order valence-electron chi connectivity index (χ0n) is 15.5. The van der Waals surface area contributed by atoms with Gasteiger partial charge in [-0.25, -0.2) is 4.98 Å². The summed E-state index contributed by atoms with van der Waals surface area (Å²) in [6.45, 7) is 3.01. The van der Waals surface area contributed by atoms with Gasteiger partial charge in [0.05, 0.1) is 11.9 Å². The van der Waals surface area contributed by atoms with Gasteiger partial charge in [-0.1, -0.05) is 6.07 Å². The number of carbonyl (C=O) groups is 1. The van der Waals surface area contributed by atoms with Gasteiger partial charge < -0.3 is 20.4 Å². The van der Waals surface area contributed by atoms with Gasteiger partial charge in [-0.05, 0) is 12.1 Å². The van der Waals surface area contributed by atoms with Crippen LogP contribution in [-0.2, 0) is 11.8 Å². The summed E-state index contributed by atoms with van der Waals surface area (Å²) in [5.41, 5.74) is 0.833. The minimum Gasteiger partial charge on any atom is -0.368 e. The zero-order valence-corrected chi connectivity index (χ0v) is 17.8. The largest absolute Gasteiger partial charge is 0.368 e. The summed E-state index contributed by atoms with van der Waals surface area (Å²) in [7, 11) is 3.57. The predicted octanol–water partition coefficient (Wildman–Crippen LogP) is 0.769. The molecule has 3 heterocycles. The molecule has 0 radical (unpaired) electrons. The predicted molar refractivity (Wildman–Crippen MR) is 117 cm³/mol. The number of nitrogens with zero attached hydrogens (tertiary/aromatic N) is 6. The Balaban J connectivity index is 0.00000261. The molecule has 0 bridgehead atoms. The number of carbonyl (C=O) groups excluding carboxylic acids is 1. The molecule has 2 aromatic rings. The van der Waals surface area contributed by atoms with Gasteiger partial charge in [0.25, 0.3) is 0 Å². The Bertz CT molecular complexity index is 763. The fourth-order valence-corrected chi connectivity index (χ4v) is 2.84. The molecule has 1 amide bonds. The summed E-state index contributed by atoms with van der Waals surface area (Å²) in [5.74, 6) is 1.61. The summed E-state index contributed by atoms with van der Waals surface area (Å²) in [5, 5.41) is 10.7. The summed E-state index contributed by atoms with van der Waals surface area (Å²) in [6.07, 6.45) is 5.32. The van der Waals surface area contributed by atoms with E-state index in [1.807, 2.05) is 36.3 Å². The van der Waals surface area contributed by atoms with Gasteiger partial charge in [0.1, 0.15) is 12.4 Å². The second-order valence-electron chi connectivity index (χ2n) is 5.95. The molecule has 27 heavy (non-hydrogen) atoms. The van der Waals surface area contributed by atoms with Gasteiger partial charge in [-0.15, -0.1) is 24.0 Å². The van der Waals surface area contributed by atoms with E-state index in [0.717, 1.165) is 17.5 Å². The topological polar surface area (TPSA) is 90.7 Å². The highest BCUT2D eigenvalue weighted by atomic mass is 127. The number of hydrogen-bond donors (Lipinski definition) is 2. The maximum absolute atomic E-state index is 12.5. The fraction of sp³-hybridized carbons (Fsp3) is 0.412. The molecular weight excluding hydrogens is 459 g/mol. The van der Waals surface area contributed by atoms with Crippen LogP contribution in [0.15, 0.2) is 41.8 Å². The Hall–Kier alpha value is -2.37. The molecule has 1 aliphatic heterocycles. The van der Waals surface area contributed by atoms with Crippen molar-refractivity contribution >= 4 is 47.3 Å². The van der Waals surface area contributed by atoms with Gasteiger partial charge in [0.15, 0.2) is 5.96 Å². The van der Waals surface area contributed by atoms with E-state index in [9.17, 15) is 4.79 Å². The van der Waals surface area contributed by atoms with Crippen molar-refractivity contribution in [2.45, 2.75) is 0 Å². The maximum atomic E-state index is 12.5. The van der Waals surface area contributed by atoms with Crippen LogP contribution in [0, 0.1) is 0 Å². The zero-order chi connectivity index (χ0) is 18.4. The number of rotatable bonds is 5. The molecule has 2 N–H and O–H groups in total. The smallest absolute Gasteiger partial charge is 0.246 e. The van der Waals surface area contributed by atoms with Crippen molar-refractivity contribution in [1.82, 2.24) is 25.0 Å². The normalized spacial score (nSPS) is 14.7. The minimum atomic E-state index is 0. The first-order valence-corrected chi connectivity index (χ1v) is 8.57. The summed E-state index contributed by atoms with van der Waals surface area (Å²) < 4.78 is 1.70. The molecule has 1 aliphatic rings. The molecule has 10 heteroatoms. The van der Waals surface area contributed by atoms with E-state index < -0.39 is 0 Å². The van der Waals surface area contributed by atoms with Gasteiger partial charge in [0, 0.05) is 52.7 Å². The van der Waals surface area contributed by atoms with Gasteiger partial charge in [-0.2, -0.15) is 5.10 Å². The van der Waals surface area contributed by atoms with Crippen LogP contribution < -0.4 is 15.5 Å². The molecule has 0 saturated carbocycles. The van der Waals surface area contributed by atoms with E-state index in [-0.39, 0.29) is 29.9 Å². The summed E-state index contributed by atoms with van der Waals surface area (Å²) in [6, 6.07) is 5.74. The Morgan fingerprint density at radius 3 is 2.78 bits per heavy atom. The number of aryl methyl sites for hydroxylation is 1. The molecule has 0 unspecified atom stereocenters. The van der Waals surface area contributed by atoms with Crippen LogP contribution >= 0.6 is 24.0 Å². The fourth-order valence-electron chi connectivity index (χ4n) is 2.84. The molecule has 3 rings (SSSR count). The number of anilines is 2. The SMILES string of the molecule is CN=C(NCCNc1ccccn1)N1CCN(c2cnn(C)c2)C(=O)C1.I. The number of amides is 1. The lowest BCUT2D eigenvalue weighted by atomic mass is 10.3. The third kappa shape index (κ3) is 5.55. The Labute approximate surface area is 175 Å². The van der Waals surface area contributed by atoms with E-state index >= 15 is 0 Å². The molecule has 1 fully saturated rings. The monoisotopic (exact) mass is 484 g/mol. The van der Waals surface area contributed by atoms with Crippen molar-refractivity contribution in [2.24, 2.45) is 12.0 Å². The number of halogens is 1. The second kappa shape index (κ2) is 10.1. The highest BCUT2D eigenvalue weighted by Crippen LogP contribution is 2.15. The van der Waals surface area contributed by atoms with Crippen LogP contribution in [0.3, 0.4) is 0 Å². The van der Waals surface area contributed by atoms with Crippen LogP contribution in [0.1, 0.15) is 0 Å². The highest BCUT2D eigenvalue weighted by molar-refractivity contribution is 14.0. The van der Waals surface area contributed by atoms with Crippen LogP contribution in [0.5, 0.6) is 0 Å². The molecule has 0 aliphatic carbocycles. The van der Waals surface area contributed by atoms with Gasteiger partial charge in [-0.3, -0.25) is 14.5 Å². The van der Waals surface area contributed by atoms with Crippen molar-refractivity contribution in [3.05, 3.63) is 36.8 Å². The lowest BCUT2D eigenvalue weighted by molar-refractivity contribution is -0.120. The van der Waals surface area contributed by atoms with Crippen LogP contribution in [0.2, 0.25) is 0 Å². The lowest BCUT2D eigenvalue weighted by Gasteiger charge is -2.35. The number of pyridine rings is 1. The highest BCUT2D eigenvalue weighted by Gasteiger charge is 2.27. The average molecular weight is 484 g/mol. The second-order valence-corrected chi connectivity index (χ2v) is 5.95. The minimum absolute atomic E-state index is 0. The number of nitrogens with one attached hydrogen (secondary N) is 2. The number of piperazine rings is 1. The van der Waals surface area contributed by atoms with Crippen molar-refractivity contribution in [1.29, 1.82) is 0 Å². The molecule has 1 saturated heterocycles. The number of guanidine groups is 1.